The molecule has 106 valence electrons. The average Bonchev–Trinajstić information content (AvgIpc) is 2.40. The van der Waals surface area contributed by atoms with E-state index in [2.05, 4.69) is 17.9 Å². The van der Waals surface area contributed by atoms with Gasteiger partial charge in [0, 0.05) is 12.1 Å². The summed E-state index contributed by atoms with van der Waals surface area (Å²) in [5.74, 6) is -0.0787. The van der Waals surface area contributed by atoms with Crippen molar-refractivity contribution in [1.29, 1.82) is 0 Å². The van der Waals surface area contributed by atoms with Crippen LogP contribution in [0.15, 0.2) is 30.3 Å². The zero-order valence-corrected chi connectivity index (χ0v) is 12.5. The summed E-state index contributed by atoms with van der Waals surface area (Å²) in [6, 6.07) is 9.84. The highest BCUT2D eigenvalue weighted by atomic mass is 32.1. The van der Waals surface area contributed by atoms with Gasteiger partial charge < -0.3 is 10.4 Å². The molecule has 1 aromatic carbocycles. The topological polar surface area (TPSA) is 49.3 Å². The molecule has 0 saturated heterocycles. The lowest BCUT2D eigenvalue weighted by molar-refractivity contribution is -0.122. The number of rotatable bonds is 7. The van der Waals surface area contributed by atoms with Crippen molar-refractivity contribution in [3.63, 3.8) is 0 Å². The SMILES string of the molecule is CCC(C)(CCO)NC(=O)C(S)Cc1ccccc1. The van der Waals surface area contributed by atoms with E-state index in [0.29, 0.717) is 12.8 Å². The highest BCUT2D eigenvalue weighted by Crippen LogP contribution is 2.16. The zero-order valence-electron chi connectivity index (χ0n) is 11.6. The summed E-state index contributed by atoms with van der Waals surface area (Å²) in [6.07, 6.45) is 1.95. The van der Waals surface area contributed by atoms with Crippen LogP contribution in [-0.4, -0.2) is 28.4 Å². The number of hydrogen-bond donors (Lipinski definition) is 3. The standard InChI is InChI=1S/C15H23NO2S/c1-3-15(2,9-10-17)16-14(18)13(19)11-12-7-5-4-6-8-12/h4-8,13,17,19H,3,9-11H2,1-2H3,(H,16,18). The van der Waals surface area contributed by atoms with Crippen LogP contribution in [0.4, 0.5) is 0 Å². The molecule has 2 N–H and O–H groups in total. The predicted molar refractivity (Wildman–Crippen MR) is 81.5 cm³/mol. The third-order valence-corrected chi connectivity index (χ3v) is 3.86. The first kappa shape index (κ1) is 16.1. The molecule has 4 heteroatoms. The fraction of sp³-hybridized carbons (Fsp3) is 0.533. The van der Waals surface area contributed by atoms with Crippen molar-refractivity contribution in [3.05, 3.63) is 35.9 Å². The van der Waals surface area contributed by atoms with Gasteiger partial charge in [-0.15, -0.1) is 0 Å². The first-order valence-electron chi connectivity index (χ1n) is 6.65. The molecule has 1 amide bonds. The third-order valence-electron chi connectivity index (χ3n) is 3.44. The molecule has 0 fully saturated rings. The van der Waals surface area contributed by atoms with Crippen LogP contribution >= 0.6 is 12.6 Å². The Kier molecular flexibility index (Phi) is 6.38. The van der Waals surface area contributed by atoms with Gasteiger partial charge >= 0.3 is 0 Å². The molecule has 0 bridgehead atoms. The van der Waals surface area contributed by atoms with Crippen molar-refractivity contribution in [1.82, 2.24) is 5.32 Å². The Morgan fingerprint density at radius 1 is 1.42 bits per heavy atom. The van der Waals surface area contributed by atoms with Gasteiger partial charge in [0.05, 0.1) is 5.25 Å². The average molecular weight is 281 g/mol. The number of aliphatic hydroxyl groups excluding tert-OH is 1. The number of amides is 1. The lowest BCUT2D eigenvalue weighted by atomic mass is 9.94. The number of aliphatic hydroxyl groups is 1. The second-order valence-corrected chi connectivity index (χ2v) is 5.71. The molecule has 0 aromatic heterocycles. The van der Waals surface area contributed by atoms with Crippen LogP contribution in [-0.2, 0) is 11.2 Å². The lowest BCUT2D eigenvalue weighted by Crippen LogP contribution is -2.49. The van der Waals surface area contributed by atoms with Crippen LogP contribution in [0.2, 0.25) is 0 Å². The third kappa shape index (κ3) is 5.25. The molecule has 0 spiro atoms. The molecule has 0 heterocycles. The molecule has 0 saturated carbocycles. The van der Waals surface area contributed by atoms with E-state index < -0.39 is 0 Å². The van der Waals surface area contributed by atoms with E-state index in [4.69, 9.17) is 5.11 Å². The molecule has 19 heavy (non-hydrogen) atoms. The molecule has 3 nitrogen and oxygen atoms in total. The number of nitrogens with one attached hydrogen (secondary N) is 1. The Labute approximate surface area is 120 Å². The maximum Gasteiger partial charge on any atom is 0.233 e. The molecular formula is C15H23NO2S. The number of thiol groups is 1. The number of carbonyl (C=O) groups is 1. The van der Waals surface area contributed by atoms with Crippen molar-refractivity contribution < 1.29 is 9.90 Å². The van der Waals surface area contributed by atoms with E-state index in [1.54, 1.807) is 0 Å². The number of benzene rings is 1. The maximum absolute atomic E-state index is 12.1. The first-order valence-corrected chi connectivity index (χ1v) is 7.17. The Morgan fingerprint density at radius 2 is 2.05 bits per heavy atom. The fourth-order valence-electron chi connectivity index (χ4n) is 1.89. The zero-order chi connectivity index (χ0) is 14.3. The van der Waals surface area contributed by atoms with Crippen molar-refractivity contribution in [2.45, 2.75) is 43.9 Å². The smallest absolute Gasteiger partial charge is 0.233 e. The van der Waals surface area contributed by atoms with Crippen molar-refractivity contribution in [3.8, 4) is 0 Å². The van der Waals surface area contributed by atoms with E-state index in [0.717, 1.165) is 12.0 Å². The number of hydrogen-bond acceptors (Lipinski definition) is 3. The molecule has 0 aliphatic carbocycles. The molecule has 0 radical (unpaired) electrons. The summed E-state index contributed by atoms with van der Waals surface area (Å²) in [4.78, 5) is 12.1. The van der Waals surface area contributed by atoms with E-state index in [1.165, 1.54) is 0 Å². The maximum atomic E-state index is 12.1. The van der Waals surface area contributed by atoms with Gasteiger partial charge in [-0.3, -0.25) is 4.79 Å². The fourth-order valence-corrected chi connectivity index (χ4v) is 2.16. The Balaban J connectivity index is 2.57. The Morgan fingerprint density at radius 3 is 2.58 bits per heavy atom. The van der Waals surface area contributed by atoms with Gasteiger partial charge in [0.25, 0.3) is 0 Å². The quantitative estimate of drug-likeness (QED) is 0.671. The molecule has 1 rings (SSSR count). The van der Waals surface area contributed by atoms with E-state index in [1.807, 2.05) is 44.2 Å². The molecule has 0 aliphatic rings. The molecule has 0 aliphatic heterocycles. The van der Waals surface area contributed by atoms with E-state index in [9.17, 15) is 4.79 Å². The predicted octanol–water partition coefficient (Wildman–Crippen LogP) is 2.19. The van der Waals surface area contributed by atoms with E-state index >= 15 is 0 Å². The lowest BCUT2D eigenvalue weighted by Gasteiger charge is -2.30. The summed E-state index contributed by atoms with van der Waals surface area (Å²) in [5, 5.41) is 11.7. The Hall–Kier alpha value is -1.00. The van der Waals surface area contributed by atoms with Crippen LogP contribution in [0.3, 0.4) is 0 Å². The van der Waals surface area contributed by atoms with Gasteiger partial charge in [-0.1, -0.05) is 37.3 Å². The minimum Gasteiger partial charge on any atom is -0.396 e. The minimum absolute atomic E-state index is 0.0700. The van der Waals surface area contributed by atoms with Gasteiger partial charge in [0.1, 0.15) is 0 Å². The second kappa shape index (κ2) is 7.56. The molecule has 1 aromatic rings. The van der Waals surface area contributed by atoms with Crippen LogP contribution < -0.4 is 5.32 Å². The minimum atomic E-state index is -0.369. The first-order chi connectivity index (χ1) is 9.00. The van der Waals surface area contributed by atoms with Gasteiger partial charge in [-0.25, -0.2) is 0 Å². The van der Waals surface area contributed by atoms with Crippen molar-refractivity contribution in [2.24, 2.45) is 0 Å². The van der Waals surface area contributed by atoms with Gasteiger partial charge in [-0.05, 0) is 31.7 Å². The van der Waals surface area contributed by atoms with Crippen LogP contribution in [0.1, 0.15) is 32.3 Å². The van der Waals surface area contributed by atoms with Crippen molar-refractivity contribution in [2.75, 3.05) is 6.61 Å². The normalized spacial score (nSPS) is 15.6. The van der Waals surface area contributed by atoms with Gasteiger partial charge in [-0.2, -0.15) is 12.6 Å². The second-order valence-electron chi connectivity index (χ2n) is 5.08. The van der Waals surface area contributed by atoms with Crippen LogP contribution in [0, 0.1) is 0 Å². The highest BCUT2D eigenvalue weighted by molar-refractivity contribution is 7.81. The summed E-state index contributed by atoms with van der Waals surface area (Å²) in [7, 11) is 0. The highest BCUT2D eigenvalue weighted by Gasteiger charge is 2.26. The largest absolute Gasteiger partial charge is 0.396 e. The molecule has 2 atom stereocenters. The monoisotopic (exact) mass is 281 g/mol. The Bertz CT molecular complexity index is 396. The summed E-state index contributed by atoms with van der Waals surface area (Å²) in [5.41, 5.74) is 0.738. The van der Waals surface area contributed by atoms with Gasteiger partial charge in [0.2, 0.25) is 5.91 Å². The molecule has 2 unspecified atom stereocenters. The van der Waals surface area contributed by atoms with Crippen LogP contribution in [0.25, 0.3) is 0 Å². The summed E-state index contributed by atoms with van der Waals surface area (Å²) < 4.78 is 0. The van der Waals surface area contributed by atoms with E-state index in [-0.39, 0.29) is 23.3 Å². The van der Waals surface area contributed by atoms with Gasteiger partial charge in [0.15, 0.2) is 0 Å². The summed E-state index contributed by atoms with van der Waals surface area (Å²) in [6.45, 7) is 4.02. The molecular weight excluding hydrogens is 258 g/mol. The van der Waals surface area contributed by atoms with Crippen LogP contribution in [0.5, 0.6) is 0 Å². The number of carbonyl (C=O) groups excluding carboxylic acids is 1. The summed E-state index contributed by atoms with van der Waals surface area (Å²) >= 11 is 4.38. The van der Waals surface area contributed by atoms with Crippen molar-refractivity contribution >= 4 is 18.5 Å².